The third-order valence-electron chi connectivity index (χ3n) is 4.29. The standard InChI is InChI=1S/C20H43OP/c1-4-7-10-12-14-16-19-22(21-18-9-6-3)20-17-15-13-11-8-5-2/h4-20H2,1-3H3. The highest BCUT2D eigenvalue weighted by Gasteiger charge is 2.08. The molecule has 0 radical (unpaired) electrons. The molecule has 0 aliphatic rings. The van der Waals surface area contributed by atoms with E-state index in [9.17, 15) is 0 Å². The Balaban J connectivity index is 3.65. The fourth-order valence-corrected chi connectivity index (χ4v) is 4.74. The molecular formula is C20H43OP. The Labute approximate surface area is 142 Å². The summed E-state index contributed by atoms with van der Waals surface area (Å²) >= 11 is 0. The molecule has 0 aliphatic heterocycles. The van der Waals surface area contributed by atoms with Crippen LogP contribution in [-0.2, 0) is 4.52 Å². The van der Waals surface area contributed by atoms with Gasteiger partial charge >= 0.3 is 0 Å². The Morgan fingerprint density at radius 1 is 0.500 bits per heavy atom. The lowest BCUT2D eigenvalue weighted by Gasteiger charge is -2.18. The zero-order valence-electron chi connectivity index (χ0n) is 15.9. The van der Waals surface area contributed by atoms with Crippen LogP contribution in [-0.4, -0.2) is 18.9 Å². The van der Waals surface area contributed by atoms with Crippen molar-refractivity contribution in [2.45, 2.75) is 111 Å². The summed E-state index contributed by atoms with van der Waals surface area (Å²) in [7, 11) is -0.121. The molecule has 0 saturated heterocycles. The number of hydrogen-bond donors (Lipinski definition) is 0. The second-order valence-electron chi connectivity index (χ2n) is 6.65. The first-order chi connectivity index (χ1) is 10.8. The van der Waals surface area contributed by atoms with Crippen LogP contribution < -0.4 is 0 Å². The lowest BCUT2D eigenvalue weighted by molar-refractivity contribution is 0.340. The van der Waals surface area contributed by atoms with Crippen LogP contribution in [0.2, 0.25) is 0 Å². The molecule has 0 saturated carbocycles. The van der Waals surface area contributed by atoms with Crippen molar-refractivity contribution in [3.63, 3.8) is 0 Å². The SMILES string of the molecule is CCCCCCCCP(CCCCCCCC)OCCCC. The molecular weight excluding hydrogens is 287 g/mol. The van der Waals surface area contributed by atoms with E-state index in [0.29, 0.717) is 0 Å². The van der Waals surface area contributed by atoms with Crippen molar-refractivity contribution in [1.82, 2.24) is 0 Å². The van der Waals surface area contributed by atoms with Crippen LogP contribution in [0.5, 0.6) is 0 Å². The molecule has 0 aliphatic carbocycles. The largest absolute Gasteiger partial charge is 0.359 e. The molecule has 0 aromatic rings. The zero-order chi connectivity index (χ0) is 16.3. The van der Waals surface area contributed by atoms with Gasteiger partial charge in [0, 0.05) is 8.15 Å². The number of rotatable bonds is 18. The lowest BCUT2D eigenvalue weighted by atomic mass is 10.1. The fraction of sp³-hybridized carbons (Fsp3) is 1.00. The van der Waals surface area contributed by atoms with Gasteiger partial charge in [0.15, 0.2) is 0 Å². The van der Waals surface area contributed by atoms with Crippen molar-refractivity contribution in [3.05, 3.63) is 0 Å². The van der Waals surface area contributed by atoms with E-state index in [1.807, 2.05) is 0 Å². The van der Waals surface area contributed by atoms with Crippen LogP contribution in [0.15, 0.2) is 0 Å². The van der Waals surface area contributed by atoms with Gasteiger partial charge in [-0.15, -0.1) is 0 Å². The fourth-order valence-electron chi connectivity index (χ4n) is 2.72. The second-order valence-corrected chi connectivity index (χ2v) is 8.77. The van der Waals surface area contributed by atoms with Gasteiger partial charge in [-0.1, -0.05) is 91.4 Å². The van der Waals surface area contributed by atoms with E-state index < -0.39 is 0 Å². The first kappa shape index (κ1) is 22.4. The van der Waals surface area contributed by atoms with Crippen molar-refractivity contribution in [1.29, 1.82) is 0 Å². The van der Waals surface area contributed by atoms with E-state index in [0.717, 1.165) is 6.61 Å². The highest BCUT2D eigenvalue weighted by molar-refractivity contribution is 7.52. The average molecular weight is 331 g/mol. The van der Waals surface area contributed by atoms with Crippen LogP contribution in [0, 0.1) is 0 Å². The van der Waals surface area contributed by atoms with Gasteiger partial charge in [-0.05, 0) is 31.6 Å². The monoisotopic (exact) mass is 330 g/mol. The Hall–Kier alpha value is 0.390. The van der Waals surface area contributed by atoms with Crippen LogP contribution in [0.1, 0.15) is 111 Å². The maximum absolute atomic E-state index is 6.20. The molecule has 0 aromatic carbocycles. The molecule has 2 heteroatoms. The third kappa shape index (κ3) is 16.8. The molecule has 0 atom stereocenters. The summed E-state index contributed by atoms with van der Waals surface area (Å²) in [5.74, 6) is 0. The maximum atomic E-state index is 6.20. The van der Waals surface area contributed by atoms with Gasteiger partial charge in [0.05, 0.1) is 6.61 Å². The second kappa shape index (κ2) is 19.4. The third-order valence-corrected chi connectivity index (χ3v) is 6.47. The predicted octanol–water partition coefficient (Wildman–Crippen LogP) is 7.92. The Morgan fingerprint density at radius 3 is 1.36 bits per heavy atom. The van der Waals surface area contributed by atoms with Crippen LogP contribution in [0.25, 0.3) is 0 Å². The van der Waals surface area contributed by atoms with Crippen molar-refractivity contribution in [3.8, 4) is 0 Å². The van der Waals surface area contributed by atoms with E-state index in [1.165, 1.54) is 102 Å². The number of unbranched alkanes of at least 4 members (excludes halogenated alkanes) is 11. The van der Waals surface area contributed by atoms with Crippen LogP contribution in [0.3, 0.4) is 0 Å². The maximum Gasteiger partial charge on any atom is 0.0508 e. The minimum Gasteiger partial charge on any atom is -0.359 e. The summed E-state index contributed by atoms with van der Waals surface area (Å²) in [6.07, 6.45) is 22.1. The van der Waals surface area contributed by atoms with Crippen molar-refractivity contribution >= 4 is 8.15 Å². The quantitative estimate of drug-likeness (QED) is 0.183. The first-order valence-electron chi connectivity index (χ1n) is 10.2. The van der Waals surface area contributed by atoms with E-state index in [2.05, 4.69) is 20.8 Å². The Morgan fingerprint density at radius 2 is 0.909 bits per heavy atom. The summed E-state index contributed by atoms with van der Waals surface area (Å²) in [6, 6.07) is 0. The van der Waals surface area contributed by atoms with Gasteiger partial charge in [0.2, 0.25) is 0 Å². The molecule has 0 aromatic heterocycles. The average Bonchev–Trinajstić information content (AvgIpc) is 2.53. The zero-order valence-corrected chi connectivity index (χ0v) is 16.8. The summed E-state index contributed by atoms with van der Waals surface area (Å²) in [6.45, 7) is 7.85. The summed E-state index contributed by atoms with van der Waals surface area (Å²) in [4.78, 5) is 0. The van der Waals surface area contributed by atoms with Crippen molar-refractivity contribution in [2.75, 3.05) is 18.9 Å². The van der Waals surface area contributed by atoms with Crippen molar-refractivity contribution in [2.24, 2.45) is 0 Å². The molecule has 0 rings (SSSR count). The summed E-state index contributed by atoms with van der Waals surface area (Å²) < 4.78 is 6.20. The van der Waals surface area contributed by atoms with Crippen LogP contribution >= 0.6 is 8.15 Å². The van der Waals surface area contributed by atoms with Gasteiger partial charge < -0.3 is 4.52 Å². The minimum absolute atomic E-state index is 0.121. The Kier molecular flexibility index (Phi) is 19.8. The molecule has 0 heterocycles. The topological polar surface area (TPSA) is 9.23 Å². The van der Waals surface area contributed by atoms with Crippen molar-refractivity contribution < 1.29 is 4.52 Å². The number of hydrogen-bond acceptors (Lipinski definition) is 1. The lowest BCUT2D eigenvalue weighted by Crippen LogP contribution is -1.98. The first-order valence-corrected chi connectivity index (χ1v) is 11.9. The molecule has 0 amide bonds. The highest BCUT2D eigenvalue weighted by Crippen LogP contribution is 2.39. The summed E-state index contributed by atoms with van der Waals surface area (Å²) in [5, 5.41) is 0. The van der Waals surface area contributed by atoms with Gasteiger partial charge in [0.1, 0.15) is 0 Å². The van der Waals surface area contributed by atoms with E-state index in [4.69, 9.17) is 4.52 Å². The van der Waals surface area contributed by atoms with Gasteiger partial charge in [0.25, 0.3) is 0 Å². The van der Waals surface area contributed by atoms with Gasteiger partial charge in [-0.3, -0.25) is 0 Å². The normalized spacial score (nSPS) is 11.5. The van der Waals surface area contributed by atoms with Crippen LogP contribution in [0.4, 0.5) is 0 Å². The van der Waals surface area contributed by atoms with E-state index in [-0.39, 0.29) is 8.15 Å². The van der Waals surface area contributed by atoms with E-state index >= 15 is 0 Å². The minimum atomic E-state index is -0.121. The molecule has 1 nitrogen and oxygen atoms in total. The van der Waals surface area contributed by atoms with Gasteiger partial charge in [-0.2, -0.15) is 0 Å². The predicted molar refractivity (Wildman–Crippen MR) is 104 cm³/mol. The smallest absolute Gasteiger partial charge is 0.0508 e. The highest BCUT2D eigenvalue weighted by atomic mass is 31.1. The molecule has 0 bridgehead atoms. The Bertz CT molecular complexity index is 180. The van der Waals surface area contributed by atoms with Gasteiger partial charge in [-0.25, -0.2) is 0 Å². The summed E-state index contributed by atoms with van der Waals surface area (Å²) in [5.41, 5.74) is 0. The molecule has 22 heavy (non-hydrogen) atoms. The van der Waals surface area contributed by atoms with E-state index in [1.54, 1.807) is 0 Å². The molecule has 0 fully saturated rings. The molecule has 0 N–H and O–H groups in total. The molecule has 0 unspecified atom stereocenters. The molecule has 134 valence electrons. The molecule has 0 spiro atoms.